The molecular weight excluding hydrogens is 226 g/mol. The van der Waals surface area contributed by atoms with Crippen LogP contribution in [-0.4, -0.2) is 19.8 Å². The third-order valence-corrected chi connectivity index (χ3v) is 2.85. The summed E-state index contributed by atoms with van der Waals surface area (Å²) in [5.41, 5.74) is 8.10. The summed E-state index contributed by atoms with van der Waals surface area (Å²) < 4.78 is 11.1. The van der Waals surface area contributed by atoms with E-state index in [0.29, 0.717) is 13.2 Å². The number of benzene rings is 1. The maximum Gasteiger partial charge on any atom is 0.122 e. The number of hydrogen-bond donors (Lipinski definition) is 1. The molecule has 1 rings (SSSR count). The normalized spacial score (nSPS) is 12.4. The van der Waals surface area contributed by atoms with Gasteiger partial charge in [-0.2, -0.15) is 0 Å². The molecule has 0 spiro atoms. The van der Waals surface area contributed by atoms with Crippen LogP contribution in [0.5, 0.6) is 5.75 Å². The fourth-order valence-corrected chi connectivity index (χ4v) is 1.68. The minimum Gasteiger partial charge on any atom is -0.491 e. The predicted octanol–water partition coefficient (Wildman–Crippen LogP) is 3.21. The van der Waals surface area contributed by atoms with Crippen molar-refractivity contribution in [2.24, 2.45) is 5.73 Å². The second-order valence-corrected chi connectivity index (χ2v) is 4.63. The summed E-state index contributed by atoms with van der Waals surface area (Å²) in [4.78, 5) is 0. The molecule has 0 saturated heterocycles. The number of unbranched alkanes of at least 4 members (excludes halogenated alkanes) is 1. The molecule has 0 aliphatic heterocycles. The van der Waals surface area contributed by atoms with Crippen molar-refractivity contribution in [2.75, 3.05) is 19.8 Å². The van der Waals surface area contributed by atoms with Crippen molar-refractivity contribution in [3.05, 3.63) is 29.3 Å². The van der Waals surface area contributed by atoms with Gasteiger partial charge in [-0.05, 0) is 37.5 Å². The number of ether oxygens (including phenoxy) is 2. The van der Waals surface area contributed by atoms with Crippen molar-refractivity contribution >= 4 is 0 Å². The van der Waals surface area contributed by atoms with Gasteiger partial charge in [0, 0.05) is 12.6 Å². The minimum atomic E-state index is 0.0649. The zero-order chi connectivity index (χ0) is 13.4. The second kappa shape index (κ2) is 8.11. The Morgan fingerprint density at radius 3 is 2.61 bits per heavy atom. The molecule has 0 unspecified atom stereocenters. The van der Waals surface area contributed by atoms with Crippen LogP contribution in [0.25, 0.3) is 0 Å². The van der Waals surface area contributed by atoms with Gasteiger partial charge < -0.3 is 15.2 Å². The summed E-state index contributed by atoms with van der Waals surface area (Å²) >= 11 is 0. The van der Waals surface area contributed by atoms with E-state index in [4.69, 9.17) is 15.2 Å². The number of nitrogens with two attached hydrogens (primary N) is 1. The topological polar surface area (TPSA) is 44.5 Å². The lowest BCUT2D eigenvalue weighted by Gasteiger charge is -2.12. The van der Waals surface area contributed by atoms with E-state index in [1.807, 2.05) is 26.0 Å². The first-order valence-electron chi connectivity index (χ1n) is 6.71. The number of hydrogen-bond acceptors (Lipinski definition) is 3. The van der Waals surface area contributed by atoms with E-state index in [1.54, 1.807) is 0 Å². The van der Waals surface area contributed by atoms with Crippen molar-refractivity contribution < 1.29 is 9.47 Å². The van der Waals surface area contributed by atoms with Crippen LogP contribution in [0.2, 0.25) is 0 Å². The van der Waals surface area contributed by atoms with Crippen LogP contribution in [0, 0.1) is 6.92 Å². The van der Waals surface area contributed by atoms with Crippen LogP contribution in [0.1, 0.15) is 43.9 Å². The molecule has 0 saturated carbocycles. The Balaban J connectivity index is 2.34. The van der Waals surface area contributed by atoms with Crippen LogP contribution < -0.4 is 10.5 Å². The highest BCUT2D eigenvalue weighted by molar-refractivity contribution is 5.37. The zero-order valence-electron chi connectivity index (χ0n) is 11.7. The molecule has 0 aliphatic carbocycles. The van der Waals surface area contributed by atoms with E-state index >= 15 is 0 Å². The van der Waals surface area contributed by atoms with Crippen LogP contribution in [0.3, 0.4) is 0 Å². The van der Waals surface area contributed by atoms with E-state index < -0.39 is 0 Å². The van der Waals surface area contributed by atoms with Gasteiger partial charge in [-0.25, -0.2) is 0 Å². The number of aryl methyl sites for hydroxylation is 1. The highest BCUT2D eigenvalue weighted by Crippen LogP contribution is 2.21. The average molecular weight is 251 g/mol. The SMILES string of the molecule is CCCCOCCOc1ccc([C@H](C)N)cc1C. The van der Waals surface area contributed by atoms with Crippen molar-refractivity contribution in [3.63, 3.8) is 0 Å². The molecule has 0 amide bonds. The molecule has 18 heavy (non-hydrogen) atoms. The lowest BCUT2D eigenvalue weighted by atomic mass is 10.1. The maximum atomic E-state index is 5.84. The monoisotopic (exact) mass is 251 g/mol. The molecule has 1 atom stereocenters. The van der Waals surface area contributed by atoms with Crippen molar-refractivity contribution in [1.82, 2.24) is 0 Å². The first kappa shape index (κ1) is 15.0. The first-order chi connectivity index (χ1) is 8.65. The van der Waals surface area contributed by atoms with Gasteiger partial charge in [0.15, 0.2) is 0 Å². The zero-order valence-corrected chi connectivity index (χ0v) is 11.7. The largest absolute Gasteiger partial charge is 0.491 e. The fourth-order valence-electron chi connectivity index (χ4n) is 1.68. The van der Waals surface area contributed by atoms with Gasteiger partial charge in [0.05, 0.1) is 6.61 Å². The Bertz CT molecular complexity index is 350. The summed E-state index contributed by atoms with van der Waals surface area (Å²) in [5, 5.41) is 0. The van der Waals surface area contributed by atoms with E-state index in [1.165, 1.54) is 6.42 Å². The van der Waals surface area contributed by atoms with Gasteiger partial charge in [0.1, 0.15) is 12.4 Å². The maximum absolute atomic E-state index is 5.84. The molecule has 0 radical (unpaired) electrons. The molecular formula is C15H25NO2. The molecule has 0 aromatic heterocycles. The standard InChI is InChI=1S/C15H25NO2/c1-4-5-8-17-9-10-18-15-7-6-14(13(3)16)11-12(15)2/h6-7,11,13H,4-5,8-10,16H2,1-3H3/t13-/m0/s1. The molecule has 102 valence electrons. The summed E-state index contributed by atoms with van der Waals surface area (Å²) in [6.07, 6.45) is 2.28. The smallest absolute Gasteiger partial charge is 0.122 e. The predicted molar refractivity (Wildman–Crippen MR) is 75.0 cm³/mol. The molecule has 0 aliphatic rings. The Hall–Kier alpha value is -1.06. The molecule has 3 nitrogen and oxygen atoms in total. The van der Waals surface area contributed by atoms with Crippen molar-refractivity contribution in [1.29, 1.82) is 0 Å². The Morgan fingerprint density at radius 2 is 2.00 bits per heavy atom. The average Bonchev–Trinajstić information content (AvgIpc) is 2.35. The Kier molecular flexibility index (Phi) is 6.76. The lowest BCUT2D eigenvalue weighted by molar-refractivity contribution is 0.0978. The van der Waals surface area contributed by atoms with Gasteiger partial charge in [-0.15, -0.1) is 0 Å². The highest BCUT2D eigenvalue weighted by Gasteiger charge is 2.04. The van der Waals surface area contributed by atoms with Gasteiger partial charge in [0.2, 0.25) is 0 Å². The molecule has 0 heterocycles. The Labute approximate surface area is 110 Å². The summed E-state index contributed by atoms with van der Waals surface area (Å²) in [6.45, 7) is 8.25. The second-order valence-electron chi connectivity index (χ2n) is 4.63. The lowest BCUT2D eigenvalue weighted by Crippen LogP contribution is -2.09. The third kappa shape index (κ3) is 5.07. The van der Waals surface area contributed by atoms with E-state index in [2.05, 4.69) is 13.0 Å². The van der Waals surface area contributed by atoms with Gasteiger partial charge >= 0.3 is 0 Å². The highest BCUT2D eigenvalue weighted by atomic mass is 16.5. The number of rotatable bonds is 8. The van der Waals surface area contributed by atoms with Gasteiger partial charge in [0.25, 0.3) is 0 Å². The molecule has 0 fully saturated rings. The van der Waals surface area contributed by atoms with E-state index in [9.17, 15) is 0 Å². The van der Waals surface area contributed by atoms with Crippen molar-refractivity contribution in [3.8, 4) is 5.75 Å². The molecule has 1 aromatic carbocycles. The van der Waals surface area contributed by atoms with E-state index in [-0.39, 0.29) is 6.04 Å². The van der Waals surface area contributed by atoms with Crippen LogP contribution in [0.15, 0.2) is 18.2 Å². The molecule has 1 aromatic rings. The molecule has 3 heteroatoms. The fraction of sp³-hybridized carbons (Fsp3) is 0.600. The van der Waals surface area contributed by atoms with Gasteiger partial charge in [-0.1, -0.05) is 25.5 Å². The van der Waals surface area contributed by atoms with Crippen LogP contribution >= 0.6 is 0 Å². The van der Waals surface area contributed by atoms with E-state index in [0.717, 1.165) is 29.9 Å². The summed E-state index contributed by atoms with van der Waals surface area (Å²) in [6, 6.07) is 6.15. The van der Waals surface area contributed by atoms with Gasteiger partial charge in [-0.3, -0.25) is 0 Å². The van der Waals surface area contributed by atoms with Crippen LogP contribution in [0.4, 0.5) is 0 Å². The first-order valence-corrected chi connectivity index (χ1v) is 6.71. The summed E-state index contributed by atoms with van der Waals surface area (Å²) in [7, 11) is 0. The molecule has 2 N–H and O–H groups in total. The minimum absolute atomic E-state index is 0.0649. The van der Waals surface area contributed by atoms with Crippen molar-refractivity contribution in [2.45, 2.75) is 39.7 Å². The quantitative estimate of drug-likeness (QED) is 0.722. The summed E-state index contributed by atoms with van der Waals surface area (Å²) in [5.74, 6) is 0.915. The van der Waals surface area contributed by atoms with Crippen LogP contribution in [-0.2, 0) is 4.74 Å². The third-order valence-electron chi connectivity index (χ3n) is 2.85. The Morgan fingerprint density at radius 1 is 1.22 bits per heavy atom. The molecule has 0 bridgehead atoms.